The van der Waals surface area contributed by atoms with Crippen LogP contribution in [0.25, 0.3) is 0 Å². The van der Waals surface area contributed by atoms with Gasteiger partial charge in [-0.05, 0) is 36.4 Å². The Hall–Kier alpha value is -2.04. The van der Waals surface area contributed by atoms with Crippen LogP contribution in [-0.4, -0.2) is 12.6 Å². The van der Waals surface area contributed by atoms with Crippen molar-refractivity contribution in [1.82, 2.24) is 5.32 Å². The Morgan fingerprint density at radius 1 is 1.10 bits per heavy atom. The third-order valence-electron chi connectivity index (χ3n) is 2.89. The maximum atomic E-state index is 12.0. The molecular weight excluding hydrogens is 286 g/mol. The maximum Gasteiger partial charge on any atom is 0.323 e. The Morgan fingerprint density at radius 3 is 2.67 bits per heavy atom. The van der Waals surface area contributed by atoms with Crippen LogP contribution in [0.2, 0.25) is 5.02 Å². The van der Waals surface area contributed by atoms with Crippen LogP contribution >= 0.6 is 11.6 Å². The van der Waals surface area contributed by atoms with Gasteiger partial charge in [0.2, 0.25) is 0 Å². The smallest absolute Gasteiger partial charge is 0.313 e. The summed E-state index contributed by atoms with van der Waals surface area (Å²) in [5.41, 5.74) is 2.45. The van der Waals surface area contributed by atoms with Crippen molar-refractivity contribution in [2.24, 2.45) is 0 Å². The van der Waals surface area contributed by atoms with Crippen molar-refractivity contribution in [1.29, 1.82) is 0 Å². The average Bonchev–Trinajstić information content (AvgIpc) is 2.48. The van der Waals surface area contributed by atoms with Crippen LogP contribution in [0.5, 0.6) is 0 Å². The highest BCUT2D eigenvalue weighted by Gasteiger charge is 2.05. The van der Waals surface area contributed by atoms with Crippen molar-refractivity contribution in [3.63, 3.8) is 0 Å². The minimum absolute atomic E-state index is 0.316. The molecule has 2 aromatic carbocycles. The van der Waals surface area contributed by atoms with Crippen LogP contribution in [0.3, 0.4) is 0 Å². The first-order valence-corrected chi connectivity index (χ1v) is 7.19. The summed E-state index contributed by atoms with van der Waals surface area (Å²) >= 11 is 6.00. The molecular formula is C16H18ClN3O. The van der Waals surface area contributed by atoms with Gasteiger partial charge in [0.1, 0.15) is 0 Å². The zero-order valence-electron chi connectivity index (χ0n) is 11.8. The Kier molecular flexibility index (Phi) is 5.60. The van der Waals surface area contributed by atoms with Crippen molar-refractivity contribution in [3.05, 3.63) is 59.1 Å². The van der Waals surface area contributed by atoms with Crippen molar-refractivity contribution in [2.75, 3.05) is 17.2 Å². The van der Waals surface area contributed by atoms with Crippen LogP contribution in [0.4, 0.5) is 16.2 Å². The Morgan fingerprint density at radius 2 is 1.90 bits per heavy atom. The summed E-state index contributed by atoms with van der Waals surface area (Å²) in [6, 6.07) is 14.5. The summed E-state index contributed by atoms with van der Waals surface area (Å²) in [5.74, 6) is 0. The van der Waals surface area contributed by atoms with E-state index in [1.54, 1.807) is 12.1 Å². The monoisotopic (exact) mass is 303 g/mol. The predicted octanol–water partition coefficient (Wildman–Crippen LogP) is 4.09. The zero-order valence-corrected chi connectivity index (χ0v) is 12.6. The largest absolute Gasteiger partial charge is 0.323 e. The summed E-state index contributed by atoms with van der Waals surface area (Å²) in [4.78, 5) is 12.0. The molecule has 5 heteroatoms. The molecule has 4 nitrogen and oxygen atoms in total. The number of amides is 2. The Labute approximate surface area is 129 Å². The number of hydrogen-bond acceptors (Lipinski definition) is 2. The second-order valence-electron chi connectivity index (χ2n) is 4.54. The number of nitrogens with one attached hydrogen (secondary N) is 3. The zero-order chi connectivity index (χ0) is 15.1. The van der Waals surface area contributed by atoms with E-state index >= 15 is 0 Å². The molecule has 0 aliphatic carbocycles. The molecule has 0 aromatic heterocycles. The first kappa shape index (κ1) is 15.4. The molecule has 2 amide bonds. The van der Waals surface area contributed by atoms with Gasteiger partial charge < -0.3 is 16.0 Å². The molecule has 0 aliphatic heterocycles. The first-order valence-electron chi connectivity index (χ1n) is 6.81. The van der Waals surface area contributed by atoms with Crippen molar-refractivity contribution >= 4 is 29.0 Å². The molecule has 0 saturated heterocycles. The van der Waals surface area contributed by atoms with Gasteiger partial charge in [0.15, 0.2) is 0 Å². The van der Waals surface area contributed by atoms with Crippen molar-refractivity contribution in [3.8, 4) is 0 Å². The molecule has 110 valence electrons. The second kappa shape index (κ2) is 7.67. The lowest BCUT2D eigenvalue weighted by molar-refractivity contribution is 0.262. The number of urea groups is 1. The first-order chi connectivity index (χ1) is 10.2. The fraction of sp³-hybridized carbons (Fsp3) is 0.188. The van der Waals surface area contributed by atoms with Gasteiger partial charge in [-0.15, -0.1) is 0 Å². The molecule has 0 spiro atoms. The number of hydrogen-bond donors (Lipinski definition) is 3. The number of halogens is 1. The molecule has 21 heavy (non-hydrogen) atoms. The number of anilines is 2. The van der Waals surface area contributed by atoms with Gasteiger partial charge in [-0.1, -0.05) is 42.8 Å². The molecule has 3 N–H and O–H groups in total. The average molecular weight is 304 g/mol. The Bertz CT molecular complexity index is 616. The third-order valence-corrected chi connectivity index (χ3v) is 3.22. The fourth-order valence-electron chi connectivity index (χ4n) is 1.88. The third kappa shape index (κ3) is 4.77. The SMILES string of the molecule is CCNCc1cccc(NC(=O)Nc2ccccc2Cl)c1. The molecule has 0 bridgehead atoms. The van der Waals surface area contributed by atoms with E-state index in [1.807, 2.05) is 36.4 Å². The number of para-hydroxylation sites is 1. The van der Waals surface area contributed by atoms with Crippen LogP contribution in [0.15, 0.2) is 48.5 Å². The number of rotatable bonds is 5. The summed E-state index contributed by atoms with van der Waals surface area (Å²) in [7, 11) is 0. The number of carbonyl (C=O) groups is 1. The molecule has 2 rings (SSSR count). The van der Waals surface area contributed by atoms with E-state index in [4.69, 9.17) is 11.6 Å². The quantitative estimate of drug-likeness (QED) is 0.779. The molecule has 0 unspecified atom stereocenters. The van der Waals surface area contributed by atoms with Crippen LogP contribution in [-0.2, 0) is 6.54 Å². The molecule has 0 heterocycles. The minimum atomic E-state index is -0.316. The van der Waals surface area contributed by atoms with Gasteiger partial charge >= 0.3 is 6.03 Å². The van der Waals surface area contributed by atoms with E-state index in [0.717, 1.165) is 24.3 Å². The lowest BCUT2D eigenvalue weighted by Gasteiger charge is -2.10. The second-order valence-corrected chi connectivity index (χ2v) is 4.95. The van der Waals surface area contributed by atoms with Crippen LogP contribution < -0.4 is 16.0 Å². The van der Waals surface area contributed by atoms with Gasteiger partial charge in [0.05, 0.1) is 10.7 Å². The summed E-state index contributed by atoms with van der Waals surface area (Å²) < 4.78 is 0. The molecule has 0 aliphatic rings. The predicted molar refractivity (Wildman–Crippen MR) is 87.9 cm³/mol. The van der Waals surface area contributed by atoms with Gasteiger partial charge in [-0.25, -0.2) is 4.79 Å². The summed E-state index contributed by atoms with van der Waals surface area (Å²) in [5, 5.41) is 9.28. The van der Waals surface area contributed by atoms with E-state index in [0.29, 0.717) is 10.7 Å². The topological polar surface area (TPSA) is 53.2 Å². The van der Waals surface area contributed by atoms with Crippen molar-refractivity contribution in [2.45, 2.75) is 13.5 Å². The number of benzene rings is 2. The minimum Gasteiger partial charge on any atom is -0.313 e. The number of carbonyl (C=O) groups excluding carboxylic acids is 1. The lowest BCUT2D eigenvalue weighted by atomic mass is 10.2. The van der Waals surface area contributed by atoms with E-state index in [1.165, 1.54) is 0 Å². The Balaban J connectivity index is 1.98. The molecule has 2 aromatic rings. The van der Waals surface area contributed by atoms with Gasteiger partial charge in [-0.2, -0.15) is 0 Å². The highest BCUT2D eigenvalue weighted by molar-refractivity contribution is 6.33. The highest BCUT2D eigenvalue weighted by Crippen LogP contribution is 2.20. The highest BCUT2D eigenvalue weighted by atomic mass is 35.5. The molecule has 0 fully saturated rings. The summed E-state index contributed by atoms with van der Waals surface area (Å²) in [6.07, 6.45) is 0. The van der Waals surface area contributed by atoms with E-state index in [-0.39, 0.29) is 6.03 Å². The molecule has 0 saturated carbocycles. The van der Waals surface area contributed by atoms with E-state index in [9.17, 15) is 4.79 Å². The summed E-state index contributed by atoms with van der Waals surface area (Å²) in [6.45, 7) is 3.74. The van der Waals surface area contributed by atoms with Gasteiger partial charge in [-0.3, -0.25) is 0 Å². The van der Waals surface area contributed by atoms with E-state index in [2.05, 4.69) is 22.9 Å². The normalized spacial score (nSPS) is 10.2. The van der Waals surface area contributed by atoms with Crippen LogP contribution in [0.1, 0.15) is 12.5 Å². The maximum absolute atomic E-state index is 12.0. The van der Waals surface area contributed by atoms with E-state index < -0.39 is 0 Å². The molecule has 0 atom stereocenters. The van der Waals surface area contributed by atoms with Gasteiger partial charge in [0.25, 0.3) is 0 Å². The lowest BCUT2D eigenvalue weighted by Crippen LogP contribution is -2.20. The van der Waals surface area contributed by atoms with Crippen LogP contribution in [0, 0.1) is 0 Å². The molecule has 0 radical (unpaired) electrons. The fourth-order valence-corrected chi connectivity index (χ4v) is 2.06. The van der Waals surface area contributed by atoms with Crippen molar-refractivity contribution < 1.29 is 4.79 Å². The standard InChI is InChI=1S/C16H18ClN3O/c1-2-18-11-12-6-5-7-13(10-12)19-16(21)20-15-9-4-3-8-14(15)17/h3-10,18H,2,11H2,1H3,(H2,19,20,21). The van der Waals surface area contributed by atoms with Gasteiger partial charge in [0, 0.05) is 12.2 Å².